The summed E-state index contributed by atoms with van der Waals surface area (Å²) in [5.41, 5.74) is 3.61. The van der Waals surface area contributed by atoms with E-state index in [1.807, 2.05) is 42.5 Å². The van der Waals surface area contributed by atoms with Gasteiger partial charge in [0.2, 0.25) is 0 Å². The summed E-state index contributed by atoms with van der Waals surface area (Å²) in [6.07, 6.45) is 0.691. The number of aldehydes is 1. The first-order chi connectivity index (χ1) is 11.2. The minimum Gasteiger partial charge on any atom is -0.453 e. The molecule has 4 nitrogen and oxygen atoms in total. The van der Waals surface area contributed by atoms with Crippen molar-refractivity contribution < 1.29 is 9.21 Å². The monoisotopic (exact) mass is 322 g/mol. The molecule has 0 radical (unpaired) electrons. The summed E-state index contributed by atoms with van der Waals surface area (Å²) in [7, 11) is 0. The number of nitrogens with zero attached hydrogens (tertiary/aromatic N) is 1. The zero-order valence-corrected chi connectivity index (χ0v) is 12.7. The highest BCUT2D eigenvalue weighted by Crippen LogP contribution is 2.27. The van der Waals surface area contributed by atoms with Crippen molar-refractivity contribution in [1.82, 2.24) is 9.97 Å². The van der Waals surface area contributed by atoms with Crippen LogP contribution >= 0.6 is 11.6 Å². The SMILES string of the molecule is O=Cc1ccc(-c2ccc3nc(-c4ccc(Cl)cc4)[nH]c3c2)o1. The zero-order valence-electron chi connectivity index (χ0n) is 11.9. The summed E-state index contributed by atoms with van der Waals surface area (Å²) >= 11 is 5.91. The fraction of sp³-hybridized carbons (Fsp3) is 0. The Hall–Kier alpha value is -2.85. The van der Waals surface area contributed by atoms with Gasteiger partial charge >= 0.3 is 0 Å². The third-order valence-corrected chi connectivity index (χ3v) is 3.88. The van der Waals surface area contributed by atoms with E-state index in [1.165, 1.54) is 0 Å². The van der Waals surface area contributed by atoms with Crippen LogP contribution in [0.2, 0.25) is 5.02 Å². The van der Waals surface area contributed by atoms with Crippen LogP contribution in [0.1, 0.15) is 10.6 Å². The van der Waals surface area contributed by atoms with Crippen LogP contribution in [0.25, 0.3) is 33.7 Å². The highest BCUT2D eigenvalue weighted by molar-refractivity contribution is 6.30. The predicted octanol–water partition coefficient (Wildman–Crippen LogP) is 4.96. The minimum absolute atomic E-state index is 0.312. The quantitative estimate of drug-likeness (QED) is 0.542. The maximum Gasteiger partial charge on any atom is 0.185 e. The van der Waals surface area contributed by atoms with Gasteiger partial charge in [-0.1, -0.05) is 11.6 Å². The second kappa shape index (κ2) is 5.41. The van der Waals surface area contributed by atoms with Crippen LogP contribution in [-0.2, 0) is 0 Å². The third kappa shape index (κ3) is 2.53. The van der Waals surface area contributed by atoms with Crippen molar-refractivity contribution in [2.24, 2.45) is 0 Å². The molecule has 2 heterocycles. The standard InChI is InChI=1S/C18H11ClN2O2/c19-13-4-1-11(2-5-13)18-20-15-7-3-12(9-16(15)21-18)17-8-6-14(10-22)23-17/h1-10H,(H,20,21). The Kier molecular flexibility index (Phi) is 3.24. The molecule has 0 amide bonds. The largest absolute Gasteiger partial charge is 0.453 e. The maximum absolute atomic E-state index is 10.7. The van der Waals surface area contributed by atoms with Gasteiger partial charge in [0.1, 0.15) is 11.6 Å². The molecule has 0 atom stereocenters. The second-order valence-electron chi connectivity index (χ2n) is 5.14. The van der Waals surface area contributed by atoms with Gasteiger partial charge in [0.05, 0.1) is 11.0 Å². The molecule has 0 saturated carbocycles. The Labute approximate surface area is 136 Å². The lowest BCUT2D eigenvalue weighted by Gasteiger charge is -1.96. The van der Waals surface area contributed by atoms with E-state index >= 15 is 0 Å². The van der Waals surface area contributed by atoms with E-state index in [-0.39, 0.29) is 0 Å². The number of hydrogen-bond donors (Lipinski definition) is 1. The van der Waals surface area contributed by atoms with Gasteiger partial charge in [-0.3, -0.25) is 4.79 Å². The molecule has 4 rings (SSSR count). The first kappa shape index (κ1) is 13.8. The number of rotatable bonds is 3. The summed E-state index contributed by atoms with van der Waals surface area (Å²) in [6.45, 7) is 0. The van der Waals surface area contributed by atoms with Crippen molar-refractivity contribution in [3.63, 3.8) is 0 Å². The Balaban J connectivity index is 1.77. The summed E-state index contributed by atoms with van der Waals surface area (Å²) in [5.74, 6) is 1.74. The molecule has 4 aromatic rings. The zero-order chi connectivity index (χ0) is 15.8. The topological polar surface area (TPSA) is 58.9 Å². The number of furan rings is 1. The van der Waals surface area contributed by atoms with Crippen LogP contribution in [0.5, 0.6) is 0 Å². The molecule has 0 bridgehead atoms. The molecule has 0 unspecified atom stereocenters. The first-order valence-corrected chi connectivity index (χ1v) is 7.42. The third-order valence-electron chi connectivity index (χ3n) is 3.63. The molecule has 0 aliphatic rings. The Bertz CT molecular complexity index is 999. The Morgan fingerprint density at radius 1 is 1.00 bits per heavy atom. The number of aromatic nitrogens is 2. The van der Waals surface area contributed by atoms with Crippen molar-refractivity contribution in [2.75, 3.05) is 0 Å². The van der Waals surface area contributed by atoms with E-state index in [1.54, 1.807) is 12.1 Å². The van der Waals surface area contributed by atoms with Gasteiger partial charge in [-0.15, -0.1) is 0 Å². The number of benzene rings is 2. The number of carbonyl (C=O) groups is 1. The molecular weight excluding hydrogens is 312 g/mol. The average molecular weight is 323 g/mol. The number of H-pyrrole nitrogens is 1. The molecule has 112 valence electrons. The van der Waals surface area contributed by atoms with Gasteiger partial charge in [0.15, 0.2) is 12.0 Å². The van der Waals surface area contributed by atoms with Crippen molar-refractivity contribution in [1.29, 1.82) is 0 Å². The van der Waals surface area contributed by atoms with Crippen LogP contribution in [0.3, 0.4) is 0 Å². The predicted molar refractivity (Wildman–Crippen MR) is 89.6 cm³/mol. The maximum atomic E-state index is 10.7. The molecule has 0 fully saturated rings. The number of carbonyl (C=O) groups excluding carboxylic acids is 1. The number of aromatic amines is 1. The van der Waals surface area contributed by atoms with Gasteiger partial charge in [-0.2, -0.15) is 0 Å². The smallest absolute Gasteiger partial charge is 0.185 e. The van der Waals surface area contributed by atoms with Gasteiger partial charge < -0.3 is 9.40 Å². The van der Waals surface area contributed by atoms with Crippen molar-refractivity contribution in [2.45, 2.75) is 0 Å². The molecule has 2 aromatic heterocycles. The molecule has 23 heavy (non-hydrogen) atoms. The van der Waals surface area contributed by atoms with Crippen LogP contribution in [0.4, 0.5) is 0 Å². The minimum atomic E-state index is 0.312. The lowest BCUT2D eigenvalue weighted by Crippen LogP contribution is -1.78. The molecule has 1 N–H and O–H groups in total. The summed E-state index contributed by atoms with van der Waals surface area (Å²) < 4.78 is 5.46. The lowest BCUT2D eigenvalue weighted by molar-refractivity contribution is 0.110. The molecular formula is C18H11ClN2O2. The van der Waals surface area contributed by atoms with Crippen LogP contribution in [0.15, 0.2) is 59.0 Å². The number of hydrogen-bond acceptors (Lipinski definition) is 3. The van der Waals surface area contributed by atoms with Crippen molar-refractivity contribution in [3.8, 4) is 22.7 Å². The first-order valence-electron chi connectivity index (χ1n) is 7.04. The van der Waals surface area contributed by atoms with Crippen LogP contribution in [-0.4, -0.2) is 16.3 Å². The van der Waals surface area contributed by atoms with Crippen LogP contribution < -0.4 is 0 Å². The number of halogens is 1. The van der Waals surface area contributed by atoms with E-state index in [0.29, 0.717) is 22.8 Å². The lowest BCUT2D eigenvalue weighted by atomic mass is 10.1. The summed E-state index contributed by atoms with van der Waals surface area (Å²) in [4.78, 5) is 18.6. The van der Waals surface area contributed by atoms with Gasteiger partial charge in [-0.05, 0) is 54.6 Å². The van der Waals surface area contributed by atoms with Gasteiger partial charge in [0.25, 0.3) is 0 Å². The molecule has 0 saturated heterocycles. The highest BCUT2D eigenvalue weighted by atomic mass is 35.5. The summed E-state index contributed by atoms with van der Waals surface area (Å²) in [5, 5.41) is 0.691. The van der Waals surface area contributed by atoms with Gasteiger partial charge in [0, 0.05) is 16.1 Å². The second-order valence-corrected chi connectivity index (χ2v) is 5.58. The van der Waals surface area contributed by atoms with Crippen molar-refractivity contribution >= 4 is 28.9 Å². The number of nitrogens with one attached hydrogen (secondary N) is 1. The normalized spacial score (nSPS) is 11.0. The highest BCUT2D eigenvalue weighted by Gasteiger charge is 2.09. The molecule has 2 aromatic carbocycles. The number of fused-ring (bicyclic) bond motifs is 1. The Morgan fingerprint density at radius 3 is 2.52 bits per heavy atom. The average Bonchev–Trinajstić information content (AvgIpc) is 3.21. The molecule has 0 aliphatic carbocycles. The van der Waals surface area contributed by atoms with Crippen LogP contribution in [0, 0.1) is 0 Å². The van der Waals surface area contributed by atoms with E-state index in [0.717, 1.165) is 28.0 Å². The summed E-state index contributed by atoms with van der Waals surface area (Å²) in [6, 6.07) is 16.7. The van der Waals surface area contributed by atoms with E-state index in [2.05, 4.69) is 9.97 Å². The van der Waals surface area contributed by atoms with E-state index < -0.39 is 0 Å². The van der Waals surface area contributed by atoms with Gasteiger partial charge in [-0.25, -0.2) is 4.98 Å². The fourth-order valence-corrected chi connectivity index (χ4v) is 2.60. The fourth-order valence-electron chi connectivity index (χ4n) is 2.48. The Morgan fingerprint density at radius 2 is 1.78 bits per heavy atom. The van der Waals surface area contributed by atoms with Crippen molar-refractivity contribution in [3.05, 3.63) is 65.4 Å². The number of imidazole rings is 1. The molecule has 0 spiro atoms. The van der Waals surface area contributed by atoms with E-state index in [4.69, 9.17) is 16.0 Å². The van der Waals surface area contributed by atoms with E-state index in [9.17, 15) is 4.79 Å². The molecule has 5 heteroatoms. The molecule has 0 aliphatic heterocycles.